The van der Waals surface area contributed by atoms with Gasteiger partial charge in [0.1, 0.15) is 0 Å². The molecule has 0 amide bonds. The number of hydrogen-bond donors (Lipinski definition) is 0. The lowest BCUT2D eigenvalue weighted by Crippen LogP contribution is -2.58. The van der Waals surface area contributed by atoms with Crippen LogP contribution in [0.1, 0.15) is 34.6 Å². The molecule has 0 radical (unpaired) electrons. The molecule has 1 aliphatic heterocycles. The smallest absolute Gasteiger partial charge is 0.343 e. The Morgan fingerprint density at radius 3 is 1.68 bits per heavy atom. The fraction of sp³-hybridized carbons (Fsp3) is 1.00. The quantitative estimate of drug-likeness (QED) is 0.641. The van der Waals surface area contributed by atoms with Crippen molar-refractivity contribution in [1.29, 1.82) is 0 Å². The van der Waals surface area contributed by atoms with Gasteiger partial charge in [-0.25, -0.2) is 0 Å². The fourth-order valence-electron chi connectivity index (χ4n) is 3.07. The molecule has 0 aromatic rings. The molecule has 0 N–H and O–H groups in total. The van der Waals surface area contributed by atoms with E-state index >= 15 is 0 Å². The van der Waals surface area contributed by atoms with Crippen LogP contribution in [0.3, 0.4) is 0 Å². The molecule has 19 heavy (non-hydrogen) atoms. The molecule has 4 nitrogen and oxygen atoms in total. The number of hydrogen-bond acceptors (Lipinski definition) is 4. The van der Waals surface area contributed by atoms with Crippen molar-refractivity contribution in [3.8, 4) is 0 Å². The Labute approximate surface area is 120 Å². The molecule has 0 atom stereocenters. The van der Waals surface area contributed by atoms with Crippen LogP contribution in [0.5, 0.6) is 0 Å². The van der Waals surface area contributed by atoms with Crippen LogP contribution >= 0.6 is 0 Å². The summed E-state index contributed by atoms with van der Waals surface area (Å²) in [7, 11) is -2.07. The van der Waals surface area contributed by atoms with Gasteiger partial charge < -0.3 is 8.85 Å². The molecule has 1 rings (SSSR count). The third kappa shape index (κ3) is 4.26. The second kappa shape index (κ2) is 8.37. The Hall–Kier alpha value is 0.0569. The molecule has 0 bridgehead atoms. The summed E-state index contributed by atoms with van der Waals surface area (Å²) >= 11 is 0. The van der Waals surface area contributed by atoms with Crippen molar-refractivity contribution in [2.24, 2.45) is 0 Å². The van der Waals surface area contributed by atoms with Gasteiger partial charge >= 0.3 is 8.56 Å². The van der Waals surface area contributed by atoms with Crippen LogP contribution in [-0.2, 0) is 8.85 Å². The monoisotopic (exact) mass is 288 g/mol. The molecule has 1 fully saturated rings. The largest absolute Gasteiger partial charge is 0.394 e. The maximum Gasteiger partial charge on any atom is 0.343 e. The highest BCUT2D eigenvalue weighted by atomic mass is 28.4. The number of nitrogens with zero attached hydrogens (tertiary/aromatic N) is 2. The predicted octanol–water partition coefficient (Wildman–Crippen LogP) is 2.51. The highest BCUT2D eigenvalue weighted by Crippen LogP contribution is 2.32. The Morgan fingerprint density at radius 1 is 0.895 bits per heavy atom. The van der Waals surface area contributed by atoms with Crippen LogP contribution in [0.2, 0.25) is 11.6 Å². The summed E-state index contributed by atoms with van der Waals surface area (Å²) in [6.45, 7) is 18.0. The van der Waals surface area contributed by atoms with E-state index in [1.807, 2.05) is 0 Å². The van der Waals surface area contributed by atoms with Crippen LogP contribution < -0.4 is 0 Å². The lowest BCUT2D eigenvalue weighted by molar-refractivity contribution is 0.0705. The minimum absolute atomic E-state index is 0.561. The van der Waals surface area contributed by atoms with Crippen molar-refractivity contribution in [1.82, 2.24) is 9.80 Å². The lowest BCUT2D eigenvalue weighted by atomic mass is 10.3. The van der Waals surface area contributed by atoms with Gasteiger partial charge in [-0.15, -0.1) is 0 Å². The molecule has 1 heterocycles. The second-order valence-corrected chi connectivity index (χ2v) is 8.93. The summed E-state index contributed by atoms with van der Waals surface area (Å²) in [6.07, 6.45) is 0. The van der Waals surface area contributed by atoms with Gasteiger partial charge in [0.25, 0.3) is 0 Å². The number of rotatable bonds is 8. The molecule has 0 unspecified atom stereocenters. The molecule has 114 valence electrons. The van der Waals surface area contributed by atoms with Crippen molar-refractivity contribution in [3.63, 3.8) is 0 Å². The normalized spacial score (nSPS) is 20.1. The summed E-state index contributed by atoms with van der Waals surface area (Å²) in [4.78, 5) is 5.04. The van der Waals surface area contributed by atoms with Crippen LogP contribution in [0.4, 0.5) is 0 Å². The second-order valence-electron chi connectivity index (χ2n) is 5.21. The SMILES string of the molecule is CCO[Si](CC)(OCC)C1CN(CC)CN(CC)C1. The van der Waals surface area contributed by atoms with E-state index in [0.717, 1.165) is 52.1 Å². The fourth-order valence-corrected chi connectivity index (χ4v) is 6.66. The Balaban J connectivity index is 2.85. The third-order valence-corrected chi connectivity index (χ3v) is 8.29. The Bertz CT molecular complexity index is 236. The van der Waals surface area contributed by atoms with Crippen molar-refractivity contribution >= 4 is 8.56 Å². The van der Waals surface area contributed by atoms with Gasteiger partial charge in [0, 0.05) is 31.8 Å². The van der Waals surface area contributed by atoms with E-state index in [1.165, 1.54) is 0 Å². The molecule has 1 saturated heterocycles. The lowest BCUT2D eigenvalue weighted by Gasteiger charge is -2.45. The first-order valence-corrected chi connectivity index (χ1v) is 9.98. The molecule has 0 aliphatic carbocycles. The van der Waals surface area contributed by atoms with Gasteiger partial charge in [-0.1, -0.05) is 20.8 Å². The van der Waals surface area contributed by atoms with Gasteiger partial charge in [0.2, 0.25) is 0 Å². The highest BCUT2D eigenvalue weighted by molar-refractivity contribution is 6.69. The molecular formula is C14H32N2O2Si. The standard InChI is InChI=1S/C14H32N2O2Si/c1-6-15-11-14(12-16(7-2)13-15)19(10-5,17-8-3)18-9-4/h14H,6-13H2,1-5H3. The van der Waals surface area contributed by atoms with E-state index in [9.17, 15) is 0 Å². The topological polar surface area (TPSA) is 24.9 Å². The van der Waals surface area contributed by atoms with Crippen molar-refractivity contribution in [3.05, 3.63) is 0 Å². The van der Waals surface area contributed by atoms with E-state index < -0.39 is 8.56 Å². The summed E-state index contributed by atoms with van der Waals surface area (Å²) in [5.74, 6) is 0. The van der Waals surface area contributed by atoms with Gasteiger partial charge in [0.15, 0.2) is 0 Å². The zero-order valence-corrected chi connectivity index (χ0v) is 14.4. The van der Waals surface area contributed by atoms with Crippen LogP contribution in [0, 0.1) is 0 Å². The average molecular weight is 289 g/mol. The van der Waals surface area contributed by atoms with E-state index in [4.69, 9.17) is 8.85 Å². The first-order valence-electron chi connectivity index (χ1n) is 7.88. The molecule has 5 heteroatoms. The minimum atomic E-state index is -2.07. The van der Waals surface area contributed by atoms with Gasteiger partial charge in [-0.2, -0.15) is 0 Å². The maximum absolute atomic E-state index is 6.21. The van der Waals surface area contributed by atoms with Crippen LogP contribution in [-0.4, -0.2) is 64.4 Å². The predicted molar refractivity (Wildman–Crippen MR) is 82.6 cm³/mol. The van der Waals surface area contributed by atoms with Crippen LogP contribution in [0.15, 0.2) is 0 Å². The molecule has 0 spiro atoms. The maximum atomic E-state index is 6.21. The van der Waals surface area contributed by atoms with Crippen molar-refractivity contribution < 1.29 is 8.85 Å². The average Bonchev–Trinajstić information content (AvgIpc) is 2.46. The zero-order valence-electron chi connectivity index (χ0n) is 13.4. The third-order valence-electron chi connectivity index (χ3n) is 4.14. The first-order chi connectivity index (χ1) is 9.15. The highest BCUT2D eigenvalue weighted by Gasteiger charge is 2.46. The summed E-state index contributed by atoms with van der Waals surface area (Å²) < 4.78 is 12.4. The van der Waals surface area contributed by atoms with Gasteiger partial charge in [0.05, 0.1) is 6.67 Å². The van der Waals surface area contributed by atoms with E-state index in [0.29, 0.717) is 5.54 Å². The van der Waals surface area contributed by atoms with Gasteiger partial charge in [-0.3, -0.25) is 9.80 Å². The van der Waals surface area contributed by atoms with Gasteiger partial charge in [-0.05, 0) is 33.0 Å². The van der Waals surface area contributed by atoms with Crippen molar-refractivity contribution in [2.75, 3.05) is 46.1 Å². The Morgan fingerprint density at radius 2 is 1.37 bits per heavy atom. The summed E-state index contributed by atoms with van der Waals surface area (Å²) in [6, 6.07) is 1.05. The Kier molecular flexibility index (Phi) is 7.53. The van der Waals surface area contributed by atoms with E-state index in [2.05, 4.69) is 44.4 Å². The summed E-state index contributed by atoms with van der Waals surface area (Å²) in [5, 5.41) is 0. The first kappa shape index (κ1) is 17.1. The zero-order chi connectivity index (χ0) is 14.3. The van der Waals surface area contributed by atoms with Crippen LogP contribution in [0.25, 0.3) is 0 Å². The molecule has 1 aliphatic rings. The molecule has 0 aromatic heterocycles. The molecular weight excluding hydrogens is 256 g/mol. The minimum Gasteiger partial charge on any atom is -0.394 e. The molecule has 0 saturated carbocycles. The summed E-state index contributed by atoms with van der Waals surface area (Å²) in [5.41, 5.74) is 0.561. The van der Waals surface area contributed by atoms with E-state index in [-0.39, 0.29) is 0 Å². The van der Waals surface area contributed by atoms with E-state index in [1.54, 1.807) is 0 Å². The molecule has 0 aromatic carbocycles. The van der Waals surface area contributed by atoms with Crippen molar-refractivity contribution in [2.45, 2.75) is 46.2 Å².